The summed E-state index contributed by atoms with van der Waals surface area (Å²) in [6, 6.07) is 7.62. The van der Waals surface area contributed by atoms with Crippen LogP contribution in [0.2, 0.25) is 5.02 Å². The Balaban J connectivity index is 1.96. The van der Waals surface area contributed by atoms with Crippen LogP contribution in [0.5, 0.6) is 0 Å². The number of carbonyl (C=O) groups is 1. The highest BCUT2D eigenvalue weighted by atomic mass is 79.9. The van der Waals surface area contributed by atoms with E-state index in [9.17, 15) is 4.79 Å². The third-order valence-electron chi connectivity index (χ3n) is 3.00. The Morgan fingerprint density at radius 1 is 1.35 bits per heavy atom. The van der Waals surface area contributed by atoms with E-state index < -0.39 is 0 Å². The van der Waals surface area contributed by atoms with Crippen molar-refractivity contribution in [3.05, 3.63) is 56.4 Å². The van der Waals surface area contributed by atoms with Crippen LogP contribution in [0.4, 0.5) is 0 Å². The fourth-order valence-electron chi connectivity index (χ4n) is 2.02. The Kier molecular flexibility index (Phi) is 4.89. The minimum atomic E-state index is -0.131. The molecule has 0 aliphatic heterocycles. The van der Waals surface area contributed by atoms with E-state index in [0.29, 0.717) is 28.7 Å². The normalized spacial score (nSPS) is 10.6. The van der Waals surface area contributed by atoms with Gasteiger partial charge in [-0.3, -0.25) is 4.79 Å². The second-order valence-corrected chi connectivity index (χ2v) is 5.77. The molecule has 20 heavy (non-hydrogen) atoms. The summed E-state index contributed by atoms with van der Waals surface area (Å²) in [5.74, 6) is 1.20. The first kappa shape index (κ1) is 15.1. The SMILES string of the molecule is Cc1oc(C)c(C(=O)NCCc2cccc(Cl)c2)c1Br. The summed E-state index contributed by atoms with van der Waals surface area (Å²) in [6.07, 6.45) is 0.736. The molecule has 0 fully saturated rings. The zero-order valence-electron chi connectivity index (χ0n) is 11.3. The van der Waals surface area contributed by atoms with Crippen molar-refractivity contribution < 1.29 is 9.21 Å². The molecule has 0 atom stereocenters. The molecule has 2 aromatic rings. The second-order valence-electron chi connectivity index (χ2n) is 4.54. The first-order chi connectivity index (χ1) is 9.49. The van der Waals surface area contributed by atoms with Crippen molar-refractivity contribution in [3.63, 3.8) is 0 Å². The number of benzene rings is 1. The van der Waals surface area contributed by atoms with Crippen LogP contribution in [0.25, 0.3) is 0 Å². The van der Waals surface area contributed by atoms with E-state index in [2.05, 4.69) is 21.2 Å². The number of halogens is 2. The van der Waals surface area contributed by atoms with Gasteiger partial charge in [0.2, 0.25) is 0 Å². The van der Waals surface area contributed by atoms with E-state index in [-0.39, 0.29) is 5.91 Å². The Morgan fingerprint density at radius 3 is 2.70 bits per heavy atom. The first-order valence-electron chi connectivity index (χ1n) is 6.27. The van der Waals surface area contributed by atoms with Gasteiger partial charge in [0, 0.05) is 11.6 Å². The summed E-state index contributed by atoms with van der Waals surface area (Å²) < 4.78 is 6.14. The van der Waals surface area contributed by atoms with E-state index >= 15 is 0 Å². The Bertz CT molecular complexity index is 637. The molecule has 0 radical (unpaired) electrons. The van der Waals surface area contributed by atoms with Gasteiger partial charge in [-0.05, 0) is 53.9 Å². The van der Waals surface area contributed by atoms with Crippen molar-refractivity contribution in [2.45, 2.75) is 20.3 Å². The van der Waals surface area contributed by atoms with Crippen LogP contribution in [0.3, 0.4) is 0 Å². The van der Waals surface area contributed by atoms with Crippen LogP contribution in [0.1, 0.15) is 27.4 Å². The predicted octanol–water partition coefficient (Wildman–Crippen LogP) is 4.28. The number of furan rings is 1. The predicted molar refractivity (Wildman–Crippen MR) is 83.4 cm³/mol. The Hall–Kier alpha value is -1.26. The molecule has 0 spiro atoms. The number of carbonyl (C=O) groups excluding carboxylic acids is 1. The topological polar surface area (TPSA) is 42.2 Å². The number of hydrogen-bond acceptors (Lipinski definition) is 2. The van der Waals surface area contributed by atoms with Crippen molar-refractivity contribution in [1.29, 1.82) is 0 Å². The van der Waals surface area contributed by atoms with E-state index in [4.69, 9.17) is 16.0 Å². The van der Waals surface area contributed by atoms with Crippen LogP contribution in [-0.4, -0.2) is 12.5 Å². The molecule has 0 aliphatic carbocycles. The monoisotopic (exact) mass is 355 g/mol. The highest BCUT2D eigenvalue weighted by molar-refractivity contribution is 9.10. The van der Waals surface area contributed by atoms with Gasteiger partial charge in [0.15, 0.2) is 0 Å². The molecule has 5 heteroatoms. The van der Waals surface area contributed by atoms with E-state index in [0.717, 1.165) is 16.5 Å². The molecular weight excluding hydrogens is 342 g/mol. The van der Waals surface area contributed by atoms with Gasteiger partial charge in [-0.1, -0.05) is 23.7 Å². The number of amides is 1. The minimum Gasteiger partial charge on any atom is -0.465 e. The lowest BCUT2D eigenvalue weighted by Crippen LogP contribution is -2.26. The van der Waals surface area contributed by atoms with Gasteiger partial charge < -0.3 is 9.73 Å². The molecule has 0 aliphatic rings. The third-order valence-corrected chi connectivity index (χ3v) is 4.19. The van der Waals surface area contributed by atoms with Gasteiger partial charge >= 0.3 is 0 Å². The zero-order chi connectivity index (χ0) is 14.7. The molecular formula is C15H15BrClNO2. The van der Waals surface area contributed by atoms with Crippen LogP contribution >= 0.6 is 27.5 Å². The van der Waals surface area contributed by atoms with Crippen molar-refractivity contribution in [2.75, 3.05) is 6.54 Å². The summed E-state index contributed by atoms with van der Waals surface area (Å²) >= 11 is 9.30. The fourth-order valence-corrected chi connectivity index (χ4v) is 2.77. The maximum absolute atomic E-state index is 12.1. The number of hydrogen-bond donors (Lipinski definition) is 1. The maximum atomic E-state index is 12.1. The molecule has 1 heterocycles. The number of aryl methyl sites for hydroxylation is 2. The Labute approximate surface area is 131 Å². The highest BCUT2D eigenvalue weighted by Gasteiger charge is 2.19. The summed E-state index contributed by atoms with van der Waals surface area (Å²) in [6.45, 7) is 4.15. The average Bonchev–Trinajstić information content (AvgIpc) is 2.63. The first-order valence-corrected chi connectivity index (χ1v) is 7.44. The number of rotatable bonds is 4. The standard InChI is InChI=1S/C15H15BrClNO2/c1-9-13(14(16)10(2)20-9)15(19)18-7-6-11-4-3-5-12(17)8-11/h3-5,8H,6-7H2,1-2H3,(H,18,19). The van der Waals surface area contributed by atoms with Gasteiger partial charge in [-0.2, -0.15) is 0 Å². The number of nitrogens with one attached hydrogen (secondary N) is 1. The molecule has 106 valence electrons. The van der Waals surface area contributed by atoms with Crippen LogP contribution in [0.15, 0.2) is 33.2 Å². The molecule has 1 amide bonds. The molecule has 3 nitrogen and oxygen atoms in total. The maximum Gasteiger partial charge on any atom is 0.256 e. The summed E-state index contributed by atoms with van der Waals surface area (Å²) in [4.78, 5) is 12.1. The van der Waals surface area contributed by atoms with Crippen molar-refractivity contribution in [3.8, 4) is 0 Å². The quantitative estimate of drug-likeness (QED) is 0.888. The van der Waals surface area contributed by atoms with Gasteiger partial charge in [-0.25, -0.2) is 0 Å². The lowest BCUT2D eigenvalue weighted by Gasteiger charge is -2.05. The van der Waals surface area contributed by atoms with Gasteiger partial charge in [-0.15, -0.1) is 0 Å². The molecule has 0 unspecified atom stereocenters. The van der Waals surface area contributed by atoms with Gasteiger partial charge in [0.05, 0.1) is 10.0 Å². The van der Waals surface area contributed by atoms with Crippen LogP contribution in [-0.2, 0) is 6.42 Å². The molecule has 0 bridgehead atoms. The van der Waals surface area contributed by atoms with Crippen LogP contribution in [0, 0.1) is 13.8 Å². The lowest BCUT2D eigenvalue weighted by molar-refractivity contribution is 0.0952. The van der Waals surface area contributed by atoms with Gasteiger partial charge in [0.25, 0.3) is 5.91 Å². The summed E-state index contributed by atoms with van der Waals surface area (Å²) in [5, 5.41) is 3.60. The molecule has 1 aromatic heterocycles. The van der Waals surface area contributed by atoms with E-state index in [1.807, 2.05) is 31.2 Å². The third kappa shape index (κ3) is 3.44. The van der Waals surface area contributed by atoms with Crippen molar-refractivity contribution >= 4 is 33.4 Å². The highest BCUT2D eigenvalue weighted by Crippen LogP contribution is 2.27. The van der Waals surface area contributed by atoms with E-state index in [1.54, 1.807) is 6.92 Å². The zero-order valence-corrected chi connectivity index (χ0v) is 13.6. The largest absolute Gasteiger partial charge is 0.465 e. The summed E-state index contributed by atoms with van der Waals surface area (Å²) in [5.41, 5.74) is 1.66. The Morgan fingerprint density at radius 2 is 2.10 bits per heavy atom. The molecule has 1 N–H and O–H groups in total. The average molecular weight is 357 g/mol. The molecule has 0 saturated heterocycles. The summed E-state index contributed by atoms with van der Waals surface area (Å²) in [7, 11) is 0. The van der Waals surface area contributed by atoms with Crippen molar-refractivity contribution in [2.24, 2.45) is 0 Å². The van der Waals surface area contributed by atoms with Gasteiger partial charge in [0.1, 0.15) is 11.5 Å². The minimum absolute atomic E-state index is 0.131. The fraction of sp³-hybridized carbons (Fsp3) is 0.267. The van der Waals surface area contributed by atoms with E-state index in [1.165, 1.54) is 0 Å². The molecule has 0 saturated carbocycles. The molecule has 2 rings (SSSR count). The van der Waals surface area contributed by atoms with Crippen molar-refractivity contribution in [1.82, 2.24) is 5.32 Å². The lowest BCUT2D eigenvalue weighted by atomic mass is 10.1. The second kappa shape index (κ2) is 6.46. The molecule has 1 aromatic carbocycles. The van der Waals surface area contributed by atoms with Crippen LogP contribution < -0.4 is 5.32 Å². The smallest absolute Gasteiger partial charge is 0.256 e.